The lowest BCUT2D eigenvalue weighted by atomic mass is 10.2. The van der Waals surface area contributed by atoms with Crippen LogP contribution < -0.4 is 4.90 Å². The summed E-state index contributed by atoms with van der Waals surface area (Å²) in [6.45, 7) is 2.36. The number of fused-ring (bicyclic) bond motifs is 1. The molecule has 2 heterocycles. The van der Waals surface area contributed by atoms with Crippen molar-refractivity contribution in [2.24, 2.45) is 0 Å². The molecule has 0 saturated carbocycles. The number of carbonyl (C=O) groups is 1. The summed E-state index contributed by atoms with van der Waals surface area (Å²) in [6, 6.07) is 4.13. The molecule has 1 aliphatic heterocycles. The van der Waals surface area contributed by atoms with Gasteiger partial charge in [-0.15, -0.1) is 11.8 Å². The molecule has 0 radical (unpaired) electrons. The molecule has 1 aliphatic rings. The molecule has 7 heteroatoms. The monoisotopic (exact) mass is 306 g/mol. The third kappa shape index (κ3) is 2.78. The summed E-state index contributed by atoms with van der Waals surface area (Å²) in [5.41, 5.74) is 0.648. The van der Waals surface area contributed by atoms with Gasteiger partial charge >= 0.3 is 0 Å². The van der Waals surface area contributed by atoms with E-state index in [4.69, 9.17) is 0 Å². The van der Waals surface area contributed by atoms with Crippen LogP contribution in [0.25, 0.3) is 0 Å². The van der Waals surface area contributed by atoms with Gasteiger partial charge in [-0.2, -0.15) is 5.10 Å². The van der Waals surface area contributed by atoms with Gasteiger partial charge in [-0.1, -0.05) is 0 Å². The van der Waals surface area contributed by atoms with Gasteiger partial charge in [0.05, 0.1) is 5.69 Å². The standard InChI is InChI=1S/C14H15FN4OS/c1-10(19-9-16-8-17-19)14(20)18-5-2-6-21-13-4-3-11(15)7-12(13)18/h3-4,7-10H,2,5-6H2,1H3/t10-/m1/s1. The Balaban J connectivity index is 1.94. The van der Waals surface area contributed by atoms with Crippen LogP contribution in [0.3, 0.4) is 0 Å². The molecule has 1 atom stereocenters. The van der Waals surface area contributed by atoms with Gasteiger partial charge in [0.1, 0.15) is 24.5 Å². The second kappa shape index (κ2) is 5.85. The molecule has 0 saturated heterocycles. The first-order valence-corrected chi connectivity index (χ1v) is 7.73. The molecule has 0 bridgehead atoms. The van der Waals surface area contributed by atoms with Crippen LogP contribution in [0.5, 0.6) is 0 Å². The van der Waals surface area contributed by atoms with E-state index in [2.05, 4.69) is 10.1 Å². The number of amides is 1. The lowest BCUT2D eigenvalue weighted by molar-refractivity contribution is -0.121. The quantitative estimate of drug-likeness (QED) is 0.855. The summed E-state index contributed by atoms with van der Waals surface area (Å²) >= 11 is 1.65. The molecule has 1 aromatic carbocycles. The van der Waals surface area contributed by atoms with Gasteiger partial charge in [0.15, 0.2) is 0 Å². The average molecular weight is 306 g/mol. The fraction of sp³-hybridized carbons (Fsp3) is 0.357. The molecule has 1 amide bonds. The normalized spacial score (nSPS) is 16.2. The van der Waals surface area contributed by atoms with Crippen molar-refractivity contribution < 1.29 is 9.18 Å². The highest BCUT2D eigenvalue weighted by Gasteiger charge is 2.27. The number of hydrogen-bond acceptors (Lipinski definition) is 4. The van der Waals surface area contributed by atoms with Crippen molar-refractivity contribution in [2.45, 2.75) is 24.3 Å². The van der Waals surface area contributed by atoms with E-state index in [1.165, 1.54) is 29.5 Å². The van der Waals surface area contributed by atoms with Gasteiger partial charge in [-0.05, 0) is 37.3 Å². The van der Waals surface area contributed by atoms with Crippen LogP contribution in [0.2, 0.25) is 0 Å². The maximum absolute atomic E-state index is 13.6. The maximum atomic E-state index is 13.6. The Kier molecular flexibility index (Phi) is 3.92. The van der Waals surface area contributed by atoms with E-state index in [1.807, 2.05) is 0 Å². The van der Waals surface area contributed by atoms with E-state index in [1.54, 1.807) is 29.7 Å². The fourth-order valence-electron chi connectivity index (χ4n) is 2.33. The Hall–Kier alpha value is -1.89. The summed E-state index contributed by atoms with van der Waals surface area (Å²) in [6.07, 6.45) is 3.79. The van der Waals surface area contributed by atoms with Crippen molar-refractivity contribution in [1.82, 2.24) is 14.8 Å². The minimum atomic E-state index is -0.466. The van der Waals surface area contributed by atoms with Crippen molar-refractivity contribution in [3.05, 3.63) is 36.7 Å². The SMILES string of the molecule is C[C@H](C(=O)N1CCCSc2ccc(F)cc21)n1cncn1. The molecule has 2 aromatic rings. The van der Waals surface area contributed by atoms with Crippen LogP contribution in [0.15, 0.2) is 35.7 Å². The number of thioether (sulfide) groups is 1. The van der Waals surface area contributed by atoms with Gasteiger partial charge in [-0.25, -0.2) is 14.1 Å². The fourth-order valence-corrected chi connectivity index (χ4v) is 3.31. The molecule has 0 unspecified atom stereocenters. The van der Waals surface area contributed by atoms with Crippen LogP contribution in [-0.2, 0) is 4.79 Å². The highest BCUT2D eigenvalue weighted by atomic mass is 32.2. The topological polar surface area (TPSA) is 51.0 Å². The van der Waals surface area contributed by atoms with Crippen molar-refractivity contribution >= 4 is 23.4 Å². The summed E-state index contributed by atoms with van der Waals surface area (Å²) in [4.78, 5) is 19.2. The van der Waals surface area contributed by atoms with Crippen molar-refractivity contribution in [1.29, 1.82) is 0 Å². The lowest BCUT2D eigenvalue weighted by Crippen LogP contribution is -2.37. The molecule has 0 N–H and O–H groups in total. The average Bonchev–Trinajstić information content (AvgIpc) is 2.94. The summed E-state index contributed by atoms with van der Waals surface area (Å²) in [5, 5.41) is 4.01. The molecule has 0 spiro atoms. The maximum Gasteiger partial charge on any atom is 0.251 e. The van der Waals surface area contributed by atoms with Crippen molar-refractivity contribution in [3.63, 3.8) is 0 Å². The Morgan fingerprint density at radius 3 is 3.10 bits per heavy atom. The van der Waals surface area contributed by atoms with Gasteiger partial charge in [0.25, 0.3) is 5.91 Å². The third-order valence-corrected chi connectivity index (χ3v) is 4.60. The van der Waals surface area contributed by atoms with Crippen LogP contribution in [-0.4, -0.2) is 33.0 Å². The Labute approximate surface area is 126 Å². The Bertz CT molecular complexity index is 646. The zero-order chi connectivity index (χ0) is 14.8. The number of anilines is 1. The number of hydrogen-bond donors (Lipinski definition) is 0. The number of rotatable bonds is 2. The van der Waals surface area contributed by atoms with Gasteiger partial charge in [0.2, 0.25) is 0 Å². The van der Waals surface area contributed by atoms with Gasteiger partial charge in [0, 0.05) is 11.4 Å². The first-order valence-electron chi connectivity index (χ1n) is 6.74. The van der Waals surface area contributed by atoms with Crippen LogP contribution in [0, 0.1) is 5.82 Å². The molecule has 1 aromatic heterocycles. The molecule has 0 fully saturated rings. The molecule has 110 valence electrons. The summed E-state index contributed by atoms with van der Waals surface area (Å²) in [7, 11) is 0. The Morgan fingerprint density at radius 2 is 2.33 bits per heavy atom. The van der Waals surface area contributed by atoms with E-state index < -0.39 is 6.04 Å². The smallest absolute Gasteiger partial charge is 0.251 e. The molecule has 0 aliphatic carbocycles. The predicted octanol–water partition coefficient (Wildman–Crippen LogP) is 2.51. The highest BCUT2D eigenvalue weighted by Crippen LogP contribution is 2.35. The second-order valence-electron chi connectivity index (χ2n) is 4.86. The highest BCUT2D eigenvalue weighted by molar-refractivity contribution is 7.99. The zero-order valence-electron chi connectivity index (χ0n) is 11.6. The van der Waals surface area contributed by atoms with E-state index >= 15 is 0 Å². The van der Waals surface area contributed by atoms with E-state index in [9.17, 15) is 9.18 Å². The van der Waals surface area contributed by atoms with Gasteiger partial charge in [-0.3, -0.25) is 4.79 Å². The number of halogens is 1. The first kappa shape index (κ1) is 14.1. The van der Waals surface area contributed by atoms with Gasteiger partial charge < -0.3 is 4.90 Å². The lowest BCUT2D eigenvalue weighted by Gasteiger charge is -2.25. The van der Waals surface area contributed by atoms with E-state index in [-0.39, 0.29) is 11.7 Å². The number of aromatic nitrogens is 3. The minimum Gasteiger partial charge on any atom is -0.309 e. The zero-order valence-corrected chi connectivity index (χ0v) is 12.4. The molecule has 21 heavy (non-hydrogen) atoms. The number of benzene rings is 1. The molecular formula is C14H15FN4OS. The van der Waals surface area contributed by atoms with Crippen molar-refractivity contribution in [3.8, 4) is 0 Å². The molecule has 3 rings (SSSR count). The minimum absolute atomic E-state index is 0.102. The third-order valence-electron chi connectivity index (χ3n) is 3.45. The summed E-state index contributed by atoms with van der Waals surface area (Å²) in [5.74, 6) is 0.484. The van der Waals surface area contributed by atoms with Crippen LogP contribution >= 0.6 is 11.8 Å². The van der Waals surface area contributed by atoms with Crippen LogP contribution in [0.1, 0.15) is 19.4 Å². The molecular weight excluding hydrogens is 291 g/mol. The van der Waals surface area contributed by atoms with E-state index in [0.29, 0.717) is 12.2 Å². The number of carbonyl (C=O) groups excluding carboxylic acids is 1. The first-order chi connectivity index (χ1) is 10.2. The second-order valence-corrected chi connectivity index (χ2v) is 5.99. The predicted molar refractivity (Wildman–Crippen MR) is 78.8 cm³/mol. The van der Waals surface area contributed by atoms with Crippen LogP contribution in [0.4, 0.5) is 10.1 Å². The Morgan fingerprint density at radius 1 is 1.48 bits per heavy atom. The van der Waals surface area contributed by atoms with E-state index in [0.717, 1.165) is 17.1 Å². The number of nitrogens with zero attached hydrogens (tertiary/aromatic N) is 4. The largest absolute Gasteiger partial charge is 0.309 e. The van der Waals surface area contributed by atoms with Crippen molar-refractivity contribution in [2.75, 3.05) is 17.2 Å². The molecule has 5 nitrogen and oxygen atoms in total. The summed E-state index contributed by atoms with van der Waals surface area (Å²) < 4.78 is 15.1.